The summed E-state index contributed by atoms with van der Waals surface area (Å²) in [5.74, 6) is 0.910. The van der Waals surface area contributed by atoms with E-state index in [9.17, 15) is 4.79 Å². The fraction of sp³-hybridized carbons (Fsp3) is 0.381. The molecule has 3 rings (SSSR count). The number of carbonyl (C=O) groups excluding carboxylic acids is 1. The van der Waals surface area contributed by atoms with E-state index in [-0.39, 0.29) is 5.91 Å². The molecule has 25 heavy (non-hydrogen) atoms. The van der Waals surface area contributed by atoms with Crippen LogP contribution in [0.5, 0.6) is 5.75 Å². The average molecular weight is 338 g/mol. The summed E-state index contributed by atoms with van der Waals surface area (Å²) in [5, 5.41) is 2.94. The van der Waals surface area contributed by atoms with Crippen molar-refractivity contribution in [2.75, 3.05) is 11.1 Å². The van der Waals surface area contributed by atoms with Gasteiger partial charge in [0.2, 0.25) is 5.91 Å². The third-order valence-corrected chi connectivity index (χ3v) is 4.68. The summed E-state index contributed by atoms with van der Waals surface area (Å²) in [4.78, 5) is 12.2. The topological polar surface area (TPSA) is 64.3 Å². The van der Waals surface area contributed by atoms with Gasteiger partial charge in [-0.2, -0.15) is 0 Å². The normalized spacial score (nSPS) is 14.4. The van der Waals surface area contributed by atoms with Crippen LogP contribution in [0, 0.1) is 6.92 Å². The molecule has 0 bridgehead atoms. The summed E-state index contributed by atoms with van der Waals surface area (Å²) >= 11 is 0. The lowest BCUT2D eigenvalue weighted by atomic mass is 10.1. The van der Waals surface area contributed by atoms with Crippen molar-refractivity contribution in [3.8, 4) is 5.75 Å². The molecule has 2 aromatic carbocycles. The van der Waals surface area contributed by atoms with E-state index in [1.165, 1.54) is 12.8 Å². The maximum atomic E-state index is 12.2. The summed E-state index contributed by atoms with van der Waals surface area (Å²) in [6.07, 6.45) is 6.28. The van der Waals surface area contributed by atoms with Crippen molar-refractivity contribution in [1.82, 2.24) is 0 Å². The molecular formula is C21H26N2O2. The largest absolute Gasteiger partial charge is 0.490 e. The van der Waals surface area contributed by atoms with Crippen LogP contribution >= 0.6 is 0 Å². The van der Waals surface area contributed by atoms with E-state index in [2.05, 4.69) is 11.4 Å². The molecule has 0 aliphatic heterocycles. The van der Waals surface area contributed by atoms with Crippen molar-refractivity contribution < 1.29 is 9.53 Å². The van der Waals surface area contributed by atoms with Crippen LogP contribution in [0.4, 0.5) is 11.4 Å². The fourth-order valence-electron chi connectivity index (χ4n) is 3.22. The predicted octanol–water partition coefficient (Wildman–Crippen LogP) is 4.47. The molecule has 0 heterocycles. The van der Waals surface area contributed by atoms with E-state index in [0.29, 0.717) is 24.6 Å². The second-order valence-corrected chi connectivity index (χ2v) is 6.79. The Kier molecular flexibility index (Phi) is 5.59. The highest BCUT2D eigenvalue weighted by molar-refractivity contribution is 5.92. The van der Waals surface area contributed by atoms with Gasteiger partial charge in [0.05, 0.1) is 6.10 Å². The Labute approximate surface area is 149 Å². The number of rotatable bonds is 6. The summed E-state index contributed by atoms with van der Waals surface area (Å²) in [6.45, 7) is 1.96. The van der Waals surface area contributed by atoms with E-state index < -0.39 is 0 Å². The molecule has 0 radical (unpaired) electrons. The Hall–Kier alpha value is -2.49. The molecule has 0 unspecified atom stereocenters. The monoisotopic (exact) mass is 338 g/mol. The molecule has 1 fully saturated rings. The molecule has 2 aromatic rings. The fourth-order valence-corrected chi connectivity index (χ4v) is 3.22. The van der Waals surface area contributed by atoms with Crippen LogP contribution in [0.15, 0.2) is 42.5 Å². The Morgan fingerprint density at radius 2 is 2.00 bits per heavy atom. The number of nitrogens with two attached hydrogens (primary N) is 1. The molecule has 0 spiro atoms. The number of nitrogen functional groups attached to an aromatic ring is 1. The number of anilines is 2. The zero-order valence-corrected chi connectivity index (χ0v) is 14.8. The van der Waals surface area contributed by atoms with E-state index in [4.69, 9.17) is 10.5 Å². The first-order valence-corrected chi connectivity index (χ1v) is 9.02. The first-order chi connectivity index (χ1) is 12.1. The Morgan fingerprint density at radius 3 is 2.80 bits per heavy atom. The number of carbonyl (C=O) groups is 1. The highest BCUT2D eigenvalue weighted by Gasteiger charge is 2.16. The zero-order chi connectivity index (χ0) is 17.6. The molecule has 1 aliphatic rings. The molecular weight excluding hydrogens is 312 g/mol. The lowest BCUT2D eigenvalue weighted by Crippen LogP contribution is -2.13. The zero-order valence-electron chi connectivity index (χ0n) is 14.8. The quantitative estimate of drug-likeness (QED) is 0.764. The first-order valence-electron chi connectivity index (χ1n) is 9.02. The predicted molar refractivity (Wildman–Crippen MR) is 102 cm³/mol. The number of nitrogens with one attached hydrogen (secondary N) is 1. The standard InChI is InChI=1S/C21H26N2O2/c1-15-9-11-17(22)14-20(15)23-21(24)12-10-16-5-4-8-19(13-16)25-18-6-2-3-7-18/h4-5,8-9,11,13-14,18H,2-3,6-7,10,12,22H2,1H3,(H,23,24). The Morgan fingerprint density at radius 1 is 1.20 bits per heavy atom. The van der Waals surface area contributed by atoms with Gasteiger partial charge in [-0.1, -0.05) is 18.2 Å². The summed E-state index contributed by atoms with van der Waals surface area (Å²) in [7, 11) is 0. The molecule has 1 amide bonds. The highest BCUT2D eigenvalue weighted by atomic mass is 16.5. The summed E-state index contributed by atoms with van der Waals surface area (Å²) < 4.78 is 6.03. The van der Waals surface area contributed by atoms with Crippen molar-refractivity contribution in [2.24, 2.45) is 0 Å². The number of benzene rings is 2. The Bertz CT molecular complexity index is 736. The molecule has 0 saturated heterocycles. The van der Waals surface area contributed by atoms with Crippen LogP contribution < -0.4 is 15.8 Å². The number of amides is 1. The van der Waals surface area contributed by atoms with Crippen molar-refractivity contribution in [2.45, 2.75) is 51.6 Å². The van der Waals surface area contributed by atoms with Crippen LogP contribution in [0.1, 0.15) is 43.2 Å². The van der Waals surface area contributed by atoms with Crippen LogP contribution in [0.2, 0.25) is 0 Å². The maximum absolute atomic E-state index is 12.2. The van der Waals surface area contributed by atoms with Gasteiger partial charge in [0, 0.05) is 17.8 Å². The third kappa shape index (κ3) is 4.99. The first kappa shape index (κ1) is 17.3. The number of hydrogen-bond donors (Lipinski definition) is 2. The van der Waals surface area contributed by atoms with E-state index in [1.807, 2.05) is 37.3 Å². The second kappa shape index (κ2) is 8.06. The van der Waals surface area contributed by atoms with Crippen molar-refractivity contribution in [3.05, 3.63) is 53.6 Å². The van der Waals surface area contributed by atoms with Gasteiger partial charge >= 0.3 is 0 Å². The van der Waals surface area contributed by atoms with Gasteiger partial charge in [0.25, 0.3) is 0 Å². The smallest absolute Gasteiger partial charge is 0.224 e. The molecule has 0 aromatic heterocycles. The van der Waals surface area contributed by atoms with E-state index in [0.717, 1.165) is 35.4 Å². The summed E-state index contributed by atoms with van der Waals surface area (Å²) in [6, 6.07) is 13.6. The van der Waals surface area contributed by atoms with Gasteiger partial charge in [0.15, 0.2) is 0 Å². The minimum Gasteiger partial charge on any atom is -0.490 e. The molecule has 1 saturated carbocycles. The molecule has 3 N–H and O–H groups in total. The minimum absolute atomic E-state index is 0.00388. The van der Waals surface area contributed by atoms with Crippen LogP contribution in [0.25, 0.3) is 0 Å². The van der Waals surface area contributed by atoms with E-state index in [1.54, 1.807) is 6.07 Å². The van der Waals surface area contributed by atoms with Gasteiger partial charge in [-0.05, 0) is 74.4 Å². The van der Waals surface area contributed by atoms with Crippen molar-refractivity contribution >= 4 is 17.3 Å². The minimum atomic E-state index is -0.00388. The van der Waals surface area contributed by atoms with Crippen LogP contribution in [-0.2, 0) is 11.2 Å². The Balaban J connectivity index is 1.54. The SMILES string of the molecule is Cc1ccc(N)cc1NC(=O)CCc1cccc(OC2CCCC2)c1. The number of aryl methyl sites for hydroxylation is 2. The van der Waals surface area contributed by atoms with Gasteiger partial charge in [0.1, 0.15) is 5.75 Å². The lowest BCUT2D eigenvalue weighted by molar-refractivity contribution is -0.116. The lowest BCUT2D eigenvalue weighted by Gasteiger charge is -2.14. The highest BCUT2D eigenvalue weighted by Crippen LogP contribution is 2.25. The van der Waals surface area contributed by atoms with Crippen molar-refractivity contribution in [3.63, 3.8) is 0 Å². The van der Waals surface area contributed by atoms with Crippen LogP contribution in [0.3, 0.4) is 0 Å². The third-order valence-electron chi connectivity index (χ3n) is 4.68. The second-order valence-electron chi connectivity index (χ2n) is 6.79. The molecule has 4 heteroatoms. The molecule has 4 nitrogen and oxygen atoms in total. The average Bonchev–Trinajstić information content (AvgIpc) is 3.10. The molecule has 132 valence electrons. The van der Waals surface area contributed by atoms with Gasteiger partial charge in [-0.15, -0.1) is 0 Å². The van der Waals surface area contributed by atoms with Gasteiger partial charge in [-0.25, -0.2) is 0 Å². The molecule has 0 atom stereocenters. The van der Waals surface area contributed by atoms with Crippen LogP contribution in [-0.4, -0.2) is 12.0 Å². The van der Waals surface area contributed by atoms with Gasteiger partial charge in [-0.3, -0.25) is 4.79 Å². The number of hydrogen-bond acceptors (Lipinski definition) is 3. The van der Waals surface area contributed by atoms with Crippen molar-refractivity contribution in [1.29, 1.82) is 0 Å². The summed E-state index contributed by atoms with van der Waals surface area (Å²) in [5.41, 5.74) is 9.35. The van der Waals surface area contributed by atoms with Gasteiger partial charge < -0.3 is 15.8 Å². The molecule has 1 aliphatic carbocycles. The maximum Gasteiger partial charge on any atom is 0.224 e. The number of ether oxygens (including phenoxy) is 1. The van der Waals surface area contributed by atoms with E-state index >= 15 is 0 Å².